The summed E-state index contributed by atoms with van der Waals surface area (Å²) >= 11 is 0. The third-order valence-electron chi connectivity index (χ3n) is 3.06. The second-order valence-electron chi connectivity index (χ2n) is 4.59. The molecule has 1 fully saturated rings. The van der Waals surface area contributed by atoms with Gasteiger partial charge in [0.1, 0.15) is 4.90 Å². The predicted octanol–water partition coefficient (Wildman–Crippen LogP) is 0.867. The smallest absolute Gasteiger partial charge is 0.246 e. The Morgan fingerprint density at radius 2 is 2.15 bits per heavy atom. The highest BCUT2D eigenvalue weighted by Gasteiger charge is 2.32. The number of halogens is 2. The molecule has 1 saturated heterocycles. The van der Waals surface area contributed by atoms with Crippen molar-refractivity contribution < 1.29 is 27.0 Å². The van der Waals surface area contributed by atoms with Crippen LogP contribution >= 0.6 is 0 Å². The van der Waals surface area contributed by atoms with E-state index in [4.69, 9.17) is 9.84 Å². The Labute approximate surface area is 115 Å². The number of hydrogen-bond donors (Lipinski definition) is 1. The molecular weight excluding hydrogens is 292 g/mol. The average Bonchev–Trinajstić information content (AvgIpc) is 2.41. The van der Waals surface area contributed by atoms with Gasteiger partial charge in [-0.2, -0.15) is 4.31 Å². The SMILES string of the molecule is CC1CN(S(=O)(=O)c2cc(CO)cc(F)c2F)CCO1. The molecule has 1 aromatic rings. The van der Waals surface area contributed by atoms with E-state index in [0.717, 1.165) is 16.4 Å². The number of nitrogens with zero attached hydrogens (tertiary/aromatic N) is 1. The fraction of sp³-hybridized carbons (Fsp3) is 0.500. The second-order valence-corrected chi connectivity index (χ2v) is 6.50. The molecule has 8 heteroatoms. The van der Waals surface area contributed by atoms with Gasteiger partial charge in [-0.1, -0.05) is 0 Å². The van der Waals surface area contributed by atoms with Crippen LogP contribution in [0.1, 0.15) is 12.5 Å². The molecule has 1 unspecified atom stereocenters. The molecule has 112 valence electrons. The van der Waals surface area contributed by atoms with Crippen LogP contribution in [0.2, 0.25) is 0 Å². The molecule has 0 amide bonds. The summed E-state index contributed by atoms with van der Waals surface area (Å²) in [6.45, 7) is 1.48. The fourth-order valence-corrected chi connectivity index (χ4v) is 3.66. The first-order valence-electron chi connectivity index (χ1n) is 6.06. The molecule has 0 bridgehead atoms. The predicted molar refractivity (Wildman–Crippen MR) is 66.5 cm³/mol. The summed E-state index contributed by atoms with van der Waals surface area (Å²) < 4.78 is 58.2. The van der Waals surface area contributed by atoms with Gasteiger partial charge in [0.2, 0.25) is 10.0 Å². The maximum absolute atomic E-state index is 13.8. The van der Waals surface area contributed by atoms with Crippen molar-refractivity contribution in [3.63, 3.8) is 0 Å². The minimum Gasteiger partial charge on any atom is -0.392 e. The van der Waals surface area contributed by atoms with E-state index in [0.29, 0.717) is 0 Å². The van der Waals surface area contributed by atoms with Crippen molar-refractivity contribution in [3.8, 4) is 0 Å². The third kappa shape index (κ3) is 2.83. The second kappa shape index (κ2) is 5.72. The van der Waals surface area contributed by atoms with Gasteiger partial charge in [0, 0.05) is 13.1 Å². The Bertz CT molecular complexity index is 606. The largest absolute Gasteiger partial charge is 0.392 e. The Hall–Kier alpha value is -1.09. The van der Waals surface area contributed by atoms with Gasteiger partial charge in [0.05, 0.1) is 19.3 Å². The number of hydrogen-bond acceptors (Lipinski definition) is 4. The van der Waals surface area contributed by atoms with Gasteiger partial charge < -0.3 is 9.84 Å². The number of morpholine rings is 1. The molecule has 0 radical (unpaired) electrons. The third-order valence-corrected chi connectivity index (χ3v) is 4.92. The average molecular weight is 307 g/mol. The molecule has 1 aromatic carbocycles. The van der Waals surface area contributed by atoms with E-state index in [1.807, 2.05) is 0 Å². The van der Waals surface area contributed by atoms with Crippen LogP contribution in [0, 0.1) is 11.6 Å². The Morgan fingerprint density at radius 3 is 2.75 bits per heavy atom. The molecule has 0 aliphatic carbocycles. The lowest BCUT2D eigenvalue weighted by Gasteiger charge is -2.30. The lowest BCUT2D eigenvalue weighted by molar-refractivity contribution is 0.0101. The van der Waals surface area contributed by atoms with E-state index in [2.05, 4.69) is 0 Å². The molecule has 0 saturated carbocycles. The summed E-state index contributed by atoms with van der Waals surface area (Å²) in [7, 11) is -4.15. The first-order valence-corrected chi connectivity index (χ1v) is 7.50. The topological polar surface area (TPSA) is 66.8 Å². The molecule has 1 aliphatic rings. The van der Waals surface area contributed by atoms with Crippen molar-refractivity contribution in [1.82, 2.24) is 4.31 Å². The molecule has 1 aliphatic heterocycles. The van der Waals surface area contributed by atoms with Crippen LogP contribution < -0.4 is 0 Å². The Balaban J connectivity index is 2.46. The molecule has 1 N–H and O–H groups in total. The van der Waals surface area contributed by atoms with Crippen LogP contribution in [0.3, 0.4) is 0 Å². The summed E-state index contributed by atoms with van der Waals surface area (Å²) in [6.07, 6.45) is -0.313. The maximum Gasteiger partial charge on any atom is 0.246 e. The van der Waals surface area contributed by atoms with E-state index in [1.54, 1.807) is 6.92 Å². The van der Waals surface area contributed by atoms with Crippen molar-refractivity contribution in [2.24, 2.45) is 0 Å². The summed E-state index contributed by atoms with van der Waals surface area (Å²) in [4.78, 5) is -0.754. The zero-order chi connectivity index (χ0) is 14.9. The number of sulfonamides is 1. The van der Waals surface area contributed by atoms with Crippen molar-refractivity contribution >= 4 is 10.0 Å². The van der Waals surface area contributed by atoms with Crippen LogP contribution in [0.25, 0.3) is 0 Å². The van der Waals surface area contributed by atoms with E-state index in [-0.39, 0.29) is 31.4 Å². The highest BCUT2D eigenvalue weighted by molar-refractivity contribution is 7.89. The van der Waals surface area contributed by atoms with E-state index in [1.165, 1.54) is 0 Å². The first-order chi connectivity index (χ1) is 9.36. The zero-order valence-corrected chi connectivity index (χ0v) is 11.7. The van der Waals surface area contributed by atoms with Gasteiger partial charge >= 0.3 is 0 Å². The lowest BCUT2D eigenvalue weighted by atomic mass is 10.2. The van der Waals surface area contributed by atoms with Crippen LogP contribution in [-0.2, 0) is 21.4 Å². The minimum atomic E-state index is -4.15. The number of rotatable bonds is 3. The van der Waals surface area contributed by atoms with Gasteiger partial charge in [-0.3, -0.25) is 0 Å². The fourth-order valence-electron chi connectivity index (χ4n) is 2.04. The van der Waals surface area contributed by atoms with Crippen LogP contribution in [-0.4, -0.2) is 43.6 Å². The number of ether oxygens (including phenoxy) is 1. The number of aliphatic hydroxyl groups excluding tert-OH is 1. The zero-order valence-electron chi connectivity index (χ0n) is 10.8. The van der Waals surface area contributed by atoms with Gasteiger partial charge in [0.25, 0.3) is 0 Å². The van der Waals surface area contributed by atoms with Crippen LogP contribution in [0.5, 0.6) is 0 Å². The Kier molecular flexibility index (Phi) is 4.38. The first kappa shape index (κ1) is 15.3. The minimum absolute atomic E-state index is 0.00350. The lowest BCUT2D eigenvalue weighted by Crippen LogP contribution is -2.44. The highest BCUT2D eigenvalue weighted by Crippen LogP contribution is 2.24. The van der Waals surface area contributed by atoms with Crippen molar-refractivity contribution in [1.29, 1.82) is 0 Å². The van der Waals surface area contributed by atoms with Crippen LogP contribution in [0.4, 0.5) is 8.78 Å². The molecule has 2 rings (SSSR count). The molecule has 1 heterocycles. The van der Waals surface area contributed by atoms with Gasteiger partial charge in [-0.15, -0.1) is 0 Å². The molecule has 1 atom stereocenters. The molecule has 5 nitrogen and oxygen atoms in total. The molecule has 0 aromatic heterocycles. The Morgan fingerprint density at radius 1 is 1.45 bits per heavy atom. The van der Waals surface area contributed by atoms with Gasteiger partial charge in [-0.05, 0) is 24.6 Å². The van der Waals surface area contributed by atoms with Crippen LogP contribution in [0.15, 0.2) is 17.0 Å². The van der Waals surface area contributed by atoms with Crippen molar-refractivity contribution in [2.75, 3.05) is 19.7 Å². The van der Waals surface area contributed by atoms with Gasteiger partial charge in [0.15, 0.2) is 11.6 Å². The molecular formula is C12H15F2NO4S. The normalized spacial score (nSPS) is 21.1. The highest BCUT2D eigenvalue weighted by atomic mass is 32.2. The van der Waals surface area contributed by atoms with E-state index in [9.17, 15) is 17.2 Å². The summed E-state index contributed by atoms with van der Waals surface area (Å²) in [5.41, 5.74) is 0.00350. The molecule has 20 heavy (non-hydrogen) atoms. The summed E-state index contributed by atoms with van der Waals surface area (Å²) in [5, 5.41) is 8.98. The summed E-state index contributed by atoms with van der Waals surface area (Å²) in [5.74, 6) is -2.72. The quantitative estimate of drug-likeness (QED) is 0.900. The molecule has 0 spiro atoms. The van der Waals surface area contributed by atoms with Gasteiger partial charge in [-0.25, -0.2) is 17.2 Å². The number of benzene rings is 1. The van der Waals surface area contributed by atoms with E-state index < -0.39 is 33.2 Å². The van der Waals surface area contributed by atoms with Crippen molar-refractivity contribution in [2.45, 2.75) is 24.5 Å². The standard InChI is InChI=1S/C12H15F2NO4S/c1-8-6-15(2-3-19-8)20(17,18)11-5-9(7-16)4-10(13)12(11)14/h4-5,8,16H,2-3,6-7H2,1H3. The maximum atomic E-state index is 13.8. The van der Waals surface area contributed by atoms with Crippen molar-refractivity contribution in [3.05, 3.63) is 29.3 Å². The monoisotopic (exact) mass is 307 g/mol. The summed E-state index contributed by atoms with van der Waals surface area (Å²) in [6, 6.07) is 1.73. The van der Waals surface area contributed by atoms with E-state index >= 15 is 0 Å². The number of aliphatic hydroxyl groups is 1.